The Bertz CT molecular complexity index is 903. The van der Waals surface area contributed by atoms with Crippen molar-refractivity contribution in [1.82, 2.24) is 5.32 Å². The van der Waals surface area contributed by atoms with Crippen LogP contribution in [0.2, 0.25) is 0 Å². The molecule has 0 fully saturated rings. The largest absolute Gasteiger partial charge is 0.490 e. The minimum Gasteiger partial charge on any atom is -0.490 e. The summed E-state index contributed by atoms with van der Waals surface area (Å²) in [5, 5.41) is 3.74. The van der Waals surface area contributed by atoms with Crippen LogP contribution in [0.3, 0.4) is 0 Å². The molecular formula is C31H41NO2. The van der Waals surface area contributed by atoms with E-state index in [9.17, 15) is 0 Å². The van der Waals surface area contributed by atoms with Crippen molar-refractivity contribution >= 4 is 0 Å². The summed E-state index contributed by atoms with van der Waals surface area (Å²) in [6, 6.07) is 28.2. The zero-order valence-electron chi connectivity index (χ0n) is 21.1. The third kappa shape index (κ3) is 7.92. The molecule has 182 valence electrons. The van der Waals surface area contributed by atoms with Gasteiger partial charge >= 0.3 is 0 Å². The number of rotatable bonds is 15. The van der Waals surface area contributed by atoms with Crippen LogP contribution in [0.15, 0.2) is 78.9 Å². The Hall–Kier alpha value is -2.78. The molecule has 3 rings (SSSR count). The van der Waals surface area contributed by atoms with E-state index in [2.05, 4.69) is 105 Å². The molecule has 1 atom stereocenters. The minimum atomic E-state index is 0.227. The molecule has 0 radical (unpaired) electrons. The molecule has 0 aliphatic rings. The second-order valence-electron chi connectivity index (χ2n) is 8.95. The lowest BCUT2D eigenvalue weighted by atomic mass is 9.88. The lowest BCUT2D eigenvalue weighted by Crippen LogP contribution is -2.22. The van der Waals surface area contributed by atoms with Crippen molar-refractivity contribution in [2.45, 2.75) is 64.8 Å². The van der Waals surface area contributed by atoms with Gasteiger partial charge in [-0.05, 0) is 61.6 Å². The number of hydrogen-bond acceptors (Lipinski definition) is 3. The summed E-state index contributed by atoms with van der Waals surface area (Å²) in [7, 11) is 0. The van der Waals surface area contributed by atoms with E-state index < -0.39 is 0 Å². The second-order valence-corrected chi connectivity index (χ2v) is 8.95. The lowest BCUT2D eigenvalue weighted by molar-refractivity contribution is 0.261. The SMILES string of the molecule is CCCCOc1ccc(C(C)NCCC(c2ccccc2)c2ccccc2)cc1OCCCC. The van der Waals surface area contributed by atoms with Crippen molar-refractivity contribution < 1.29 is 9.47 Å². The van der Waals surface area contributed by atoms with Gasteiger partial charge in [0.2, 0.25) is 0 Å². The van der Waals surface area contributed by atoms with E-state index in [1.807, 2.05) is 0 Å². The fourth-order valence-electron chi connectivity index (χ4n) is 4.14. The van der Waals surface area contributed by atoms with Crippen LogP contribution in [-0.2, 0) is 0 Å². The molecule has 0 saturated carbocycles. The Labute approximate surface area is 206 Å². The summed E-state index contributed by atoms with van der Waals surface area (Å²) < 4.78 is 12.1. The van der Waals surface area contributed by atoms with Crippen molar-refractivity contribution in [3.05, 3.63) is 95.6 Å². The molecule has 0 amide bonds. The molecule has 3 nitrogen and oxygen atoms in total. The highest BCUT2D eigenvalue weighted by molar-refractivity contribution is 5.44. The number of nitrogens with one attached hydrogen (secondary N) is 1. The molecule has 0 aliphatic carbocycles. The zero-order valence-corrected chi connectivity index (χ0v) is 21.1. The smallest absolute Gasteiger partial charge is 0.161 e. The van der Waals surface area contributed by atoms with E-state index >= 15 is 0 Å². The van der Waals surface area contributed by atoms with Crippen molar-refractivity contribution in [3.63, 3.8) is 0 Å². The number of ether oxygens (including phenoxy) is 2. The van der Waals surface area contributed by atoms with Gasteiger partial charge < -0.3 is 14.8 Å². The Morgan fingerprint density at radius 2 is 1.24 bits per heavy atom. The Kier molecular flexibility index (Phi) is 11.0. The maximum atomic E-state index is 6.10. The van der Waals surface area contributed by atoms with Crippen molar-refractivity contribution in [2.24, 2.45) is 0 Å². The summed E-state index contributed by atoms with van der Waals surface area (Å²) in [5.74, 6) is 2.10. The molecule has 1 N–H and O–H groups in total. The van der Waals surface area contributed by atoms with Gasteiger partial charge in [-0.3, -0.25) is 0 Å². The Morgan fingerprint density at radius 1 is 0.676 bits per heavy atom. The van der Waals surface area contributed by atoms with Gasteiger partial charge in [-0.25, -0.2) is 0 Å². The van der Waals surface area contributed by atoms with Gasteiger partial charge in [0, 0.05) is 12.0 Å². The molecule has 0 heterocycles. The van der Waals surface area contributed by atoms with Crippen LogP contribution in [0, 0.1) is 0 Å². The maximum absolute atomic E-state index is 6.10. The van der Waals surface area contributed by atoms with Gasteiger partial charge in [0.15, 0.2) is 11.5 Å². The zero-order chi connectivity index (χ0) is 24.0. The van der Waals surface area contributed by atoms with Gasteiger partial charge in [0.1, 0.15) is 0 Å². The van der Waals surface area contributed by atoms with E-state index in [-0.39, 0.29) is 6.04 Å². The van der Waals surface area contributed by atoms with Gasteiger partial charge in [0.25, 0.3) is 0 Å². The summed E-state index contributed by atoms with van der Waals surface area (Å²) in [4.78, 5) is 0. The third-order valence-electron chi connectivity index (χ3n) is 6.27. The molecule has 3 heteroatoms. The number of unbranched alkanes of at least 4 members (excludes halogenated alkanes) is 2. The lowest BCUT2D eigenvalue weighted by Gasteiger charge is -2.21. The van der Waals surface area contributed by atoms with Crippen molar-refractivity contribution in [1.29, 1.82) is 0 Å². The van der Waals surface area contributed by atoms with Crippen LogP contribution in [0.5, 0.6) is 11.5 Å². The first-order valence-corrected chi connectivity index (χ1v) is 13.0. The van der Waals surface area contributed by atoms with E-state index in [1.54, 1.807) is 0 Å². The van der Waals surface area contributed by atoms with E-state index in [1.165, 1.54) is 16.7 Å². The molecule has 0 aliphatic heterocycles. The van der Waals surface area contributed by atoms with Crippen LogP contribution in [0.25, 0.3) is 0 Å². The number of benzene rings is 3. The molecule has 3 aromatic rings. The molecule has 34 heavy (non-hydrogen) atoms. The minimum absolute atomic E-state index is 0.227. The summed E-state index contributed by atoms with van der Waals surface area (Å²) in [6.07, 6.45) is 5.38. The second kappa shape index (κ2) is 14.5. The highest BCUT2D eigenvalue weighted by atomic mass is 16.5. The average Bonchev–Trinajstić information content (AvgIpc) is 2.88. The Morgan fingerprint density at radius 3 is 1.79 bits per heavy atom. The molecular weight excluding hydrogens is 418 g/mol. The molecule has 0 bridgehead atoms. The molecule has 0 saturated heterocycles. The maximum Gasteiger partial charge on any atom is 0.161 e. The van der Waals surface area contributed by atoms with Crippen molar-refractivity contribution in [3.8, 4) is 11.5 Å². The average molecular weight is 460 g/mol. The van der Waals surface area contributed by atoms with E-state index in [0.29, 0.717) is 5.92 Å². The van der Waals surface area contributed by atoms with Crippen LogP contribution >= 0.6 is 0 Å². The van der Waals surface area contributed by atoms with E-state index in [4.69, 9.17) is 9.47 Å². The third-order valence-corrected chi connectivity index (χ3v) is 6.27. The predicted octanol–water partition coefficient (Wildman–Crippen LogP) is 7.92. The highest BCUT2D eigenvalue weighted by Gasteiger charge is 2.15. The topological polar surface area (TPSA) is 30.5 Å². The predicted molar refractivity (Wildman–Crippen MR) is 143 cm³/mol. The van der Waals surface area contributed by atoms with Gasteiger partial charge in [-0.15, -0.1) is 0 Å². The summed E-state index contributed by atoms with van der Waals surface area (Å²) in [6.45, 7) is 8.97. The Balaban J connectivity index is 1.65. The molecule has 0 spiro atoms. The summed E-state index contributed by atoms with van der Waals surface area (Å²) >= 11 is 0. The van der Waals surface area contributed by atoms with Crippen molar-refractivity contribution in [2.75, 3.05) is 19.8 Å². The first-order valence-electron chi connectivity index (χ1n) is 13.0. The van der Waals surface area contributed by atoms with Crippen LogP contribution < -0.4 is 14.8 Å². The number of hydrogen-bond donors (Lipinski definition) is 1. The quantitative estimate of drug-likeness (QED) is 0.234. The fraction of sp³-hybridized carbons (Fsp3) is 0.419. The molecule has 0 aromatic heterocycles. The molecule has 1 unspecified atom stereocenters. The van der Waals surface area contributed by atoms with Gasteiger partial charge in [-0.1, -0.05) is 93.4 Å². The van der Waals surface area contributed by atoms with Crippen LogP contribution in [0.4, 0.5) is 0 Å². The monoisotopic (exact) mass is 459 g/mol. The van der Waals surface area contributed by atoms with Gasteiger partial charge in [-0.2, -0.15) is 0 Å². The summed E-state index contributed by atoms with van der Waals surface area (Å²) in [5.41, 5.74) is 3.96. The fourth-order valence-corrected chi connectivity index (χ4v) is 4.14. The van der Waals surface area contributed by atoms with Gasteiger partial charge in [0.05, 0.1) is 13.2 Å². The molecule has 3 aromatic carbocycles. The standard InChI is InChI=1S/C31H41NO2/c1-4-6-22-33-30-19-18-28(24-31(30)34-23-7-5-2)25(3)32-21-20-29(26-14-10-8-11-15-26)27-16-12-9-13-17-27/h8-19,24-25,29,32H,4-7,20-23H2,1-3H3. The normalized spacial score (nSPS) is 12.0. The van der Waals surface area contributed by atoms with Crippen LogP contribution in [-0.4, -0.2) is 19.8 Å². The van der Waals surface area contributed by atoms with E-state index in [0.717, 1.165) is 63.4 Å². The highest BCUT2D eigenvalue weighted by Crippen LogP contribution is 2.32. The first-order chi connectivity index (χ1) is 16.7. The first kappa shape index (κ1) is 25.8. The van der Waals surface area contributed by atoms with Crippen LogP contribution in [0.1, 0.15) is 81.5 Å².